The van der Waals surface area contributed by atoms with E-state index in [-0.39, 0.29) is 21.7 Å². The standard InChI is InChI=1S/C29H33ClO/c1-26(2,3)16-11-18-15-23(30)21-13-17(27(4,5)6)14-22-25-19(9-10-24(25)31)20(12-16)28(18,7)29(21,22)8/h11-15H,9-10H2,1-8H3/t28-,29-/m1/s1. The average molecular weight is 433 g/mol. The van der Waals surface area contributed by atoms with Gasteiger partial charge in [0.05, 0.1) is 0 Å². The number of ketones is 1. The predicted molar refractivity (Wildman–Crippen MR) is 130 cm³/mol. The van der Waals surface area contributed by atoms with Gasteiger partial charge in [0, 0.05) is 27.9 Å². The predicted octanol–water partition coefficient (Wildman–Crippen LogP) is 7.93. The van der Waals surface area contributed by atoms with E-state index in [1.807, 2.05) is 0 Å². The minimum atomic E-state index is -0.354. The number of carbonyl (C=O) groups excluding carboxylic acids is 1. The summed E-state index contributed by atoms with van der Waals surface area (Å²) in [5.41, 5.74) is 9.16. The van der Waals surface area contributed by atoms with Crippen molar-refractivity contribution >= 4 is 17.4 Å². The quantitative estimate of drug-likeness (QED) is 0.379. The Kier molecular flexibility index (Phi) is 4.02. The molecule has 0 unspecified atom stereocenters. The van der Waals surface area contributed by atoms with Crippen LogP contribution >= 0.6 is 11.6 Å². The van der Waals surface area contributed by atoms with E-state index < -0.39 is 0 Å². The molecule has 0 bridgehead atoms. The van der Waals surface area contributed by atoms with Crippen LogP contribution in [0.3, 0.4) is 0 Å². The second kappa shape index (κ2) is 5.93. The molecule has 0 aromatic heterocycles. The molecule has 5 aliphatic rings. The number of Topliss-reactive ketones (excluding diaryl/α,β-unsaturated/α-hetero) is 1. The molecule has 162 valence electrons. The summed E-state index contributed by atoms with van der Waals surface area (Å²) in [6.45, 7) is 18.2. The van der Waals surface area contributed by atoms with Crippen molar-refractivity contribution in [3.05, 3.63) is 80.0 Å². The first-order valence-electron chi connectivity index (χ1n) is 11.5. The Morgan fingerprint density at radius 3 is 1.97 bits per heavy atom. The van der Waals surface area contributed by atoms with Crippen molar-refractivity contribution in [2.75, 3.05) is 0 Å². The zero-order chi connectivity index (χ0) is 22.7. The summed E-state index contributed by atoms with van der Waals surface area (Å²) < 4.78 is 0. The Balaban J connectivity index is 1.96. The van der Waals surface area contributed by atoms with Crippen molar-refractivity contribution < 1.29 is 4.79 Å². The Morgan fingerprint density at radius 2 is 1.35 bits per heavy atom. The van der Waals surface area contributed by atoms with Gasteiger partial charge in [0.15, 0.2) is 5.78 Å². The van der Waals surface area contributed by atoms with E-state index >= 15 is 0 Å². The van der Waals surface area contributed by atoms with Crippen LogP contribution < -0.4 is 0 Å². The summed E-state index contributed by atoms with van der Waals surface area (Å²) in [5, 5.41) is 0.808. The molecule has 0 aromatic carbocycles. The molecular formula is C29H33ClO. The summed E-state index contributed by atoms with van der Waals surface area (Å²) in [7, 11) is 0. The van der Waals surface area contributed by atoms with Gasteiger partial charge in [0.1, 0.15) is 0 Å². The van der Waals surface area contributed by atoms with Crippen molar-refractivity contribution in [2.24, 2.45) is 21.7 Å². The minimum Gasteiger partial charge on any atom is -0.294 e. The largest absolute Gasteiger partial charge is 0.294 e. The first-order chi connectivity index (χ1) is 14.2. The van der Waals surface area contributed by atoms with Gasteiger partial charge in [-0.3, -0.25) is 4.79 Å². The van der Waals surface area contributed by atoms with Crippen molar-refractivity contribution in [1.82, 2.24) is 0 Å². The zero-order valence-electron chi connectivity index (χ0n) is 20.1. The molecule has 1 nitrogen and oxygen atoms in total. The van der Waals surface area contributed by atoms with Crippen LogP contribution in [0, 0.1) is 21.7 Å². The molecule has 0 aliphatic heterocycles. The highest BCUT2D eigenvalue weighted by Crippen LogP contribution is 2.71. The van der Waals surface area contributed by atoms with Crippen molar-refractivity contribution in [1.29, 1.82) is 0 Å². The topological polar surface area (TPSA) is 17.1 Å². The van der Waals surface area contributed by atoms with Crippen molar-refractivity contribution in [2.45, 2.75) is 68.2 Å². The number of hydrogen-bond acceptors (Lipinski definition) is 1. The maximum atomic E-state index is 13.3. The Labute approximate surface area is 192 Å². The van der Waals surface area contributed by atoms with Crippen LogP contribution in [-0.4, -0.2) is 5.78 Å². The molecule has 0 N–H and O–H groups in total. The molecule has 31 heavy (non-hydrogen) atoms. The normalized spacial score (nSPS) is 32.2. The van der Waals surface area contributed by atoms with E-state index in [9.17, 15) is 4.79 Å². The molecule has 5 aliphatic carbocycles. The van der Waals surface area contributed by atoms with Crippen LogP contribution in [0.4, 0.5) is 0 Å². The number of rotatable bonds is 0. The third-order valence-electron chi connectivity index (χ3n) is 8.45. The van der Waals surface area contributed by atoms with Gasteiger partial charge in [-0.15, -0.1) is 0 Å². The number of hydrogen-bond donors (Lipinski definition) is 0. The van der Waals surface area contributed by atoms with Gasteiger partial charge < -0.3 is 0 Å². The lowest BCUT2D eigenvalue weighted by atomic mass is 9.44. The maximum absolute atomic E-state index is 13.3. The molecule has 2 heteroatoms. The smallest absolute Gasteiger partial charge is 0.163 e. The summed E-state index contributed by atoms with van der Waals surface area (Å²) in [6.07, 6.45) is 13.0. The highest BCUT2D eigenvalue weighted by Gasteiger charge is 2.61. The fourth-order valence-corrected chi connectivity index (χ4v) is 6.58. The van der Waals surface area contributed by atoms with Gasteiger partial charge in [0.25, 0.3) is 0 Å². The summed E-state index contributed by atoms with van der Waals surface area (Å²) >= 11 is 7.04. The average Bonchev–Trinajstić information content (AvgIpc) is 3.01. The second-order valence-electron chi connectivity index (χ2n) is 12.2. The zero-order valence-corrected chi connectivity index (χ0v) is 20.8. The van der Waals surface area contributed by atoms with Gasteiger partial charge >= 0.3 is 0 Å². The lowest BCUT2D eigenvalue weighted by Gasteiger charge is -2.59. The van der Waals surface area contributed by atoms with Crippen molar-refractivity contribution in [3.63, 3.8) is 0 Å². The van der Waals surface area contributed by atoms with Gasteiger partial charge in [0.2, 0.25) is 0 Å². The van der Waals surface area contributed by atoms with Crippen LogP contribution in [0.15, 0.2) is 80.0 Å². The molecule has 1 saturated carbocycles. The third kappa shape index (κ3) is 2.48. The molecule has 1 fully saturated rings. The van der Waals surface area contributed by atoms with Crippen LogP contribution in [0.5, 0.6) is 0 Å². The van der Waals surface area contributed by atoms with Crippen LogP contribution in [0.2, 0.25) is 0 Å². The molecule has 5 rings (SSSR count). The number of halogens is 1. The van der Waals surface area contributed by atoms with E-state index in [4.69, 9.17) is 11.6 Å². The van der Waals surface area contributed by atoms with Crippen LogP contribution in [0.1, 0.15) is 68.2 Å². The number of carbonyl (C=O) groups is 1. The number of allylic oxidation sites excluding steroid dienone is 14. The van der Waals surface area contributed by atoms with E-state index in [2.05, 4.69) is 85.8 Å². The van der Waals surface area contributed by atoms with Crippen molar-refractivity contribution in [3.8, 4) is 0 Å². The molecule has 0 radical (unpaired) electrons. The molecule has 0 saturated heterocycles. The summed E-state index contributed by atoms with van der Waals surface area (Å²) in [6, 6.07) is 0. The van der Waals surface area contributed by atoms with E-state index in [0.717, 1.165) is 22.6 Å². The van der Waals surface area contributed by atoms with E-state index in [1.54, 1.807) is 0 Å². The Hall–Kier alpha value is -1.86. The lowest BCUT2D eigenvalue weighted by molar-refractivity contribution is -0.114. The maximum Gasteiger partial charge on any atom is 0.163 e. The Morgan fingerprint density at radius 1 is 0.774 bits per heavy atom. The van der Waals surface area contributed by atoms with Gasteiger partial charge in [-0.1, -0.05) is 91.3 Å². The fraction of sp³-hybridized carbons (Fsp3) is 0.483. The van der Waals surface area contributed by atoms with Gasteiger partial charge in [-0.25, -0.2) is 0 Å². The molecular weight excluding hydrogens is 400 g/mol. The SMILES string of the molecule is CC(C)(C)C1=CC2=C3CCC(=O)C3=C3C=C(C(C)(C)C)C=C4C(Cl)=CC(=C1)[C@@]2(C)[C@]43C. The van der Waals surface area contributed by atoms with Crippen LogP contribution in [-0.2, 0) is 4.79 Å². The fourth-order valence-electron chi connectivity index (χ4n) is 6.22. The monoisotopic (exact) mass is 432 g/mol. The molecule has 0 heterocycles. The molecule has 2 atom stereocenters. The lowest BCUT2D eigenvalue weighted by Crippen LogP contribution is -2.50. The van der Waals surface area contributed by atoms with E-state index in [0.29, 0.717) is 12.2 Å². The summed E-state index contributed by atoms with van der Waals surface area (Å²) in [5.74, 6) is 0.291. The van der Waals surface area contributed by atoms with Gasteiger partial charge in [-0.2, -0.15) is 0 Å². The number of fused-ring (bicyclic) bond motifs is 1. The molecule has 0 spiro atoms. The van der Waals surface area contributed by atoms with Crippen LogP contribution in [0.25, 0.3) is 0 Å². The summed E-state index contributed by atoms with van der Waals surface area (Å²) in [4.78, 5) is 13.3. The van der Waals surface area contributed by atoms with Gasteiger partial charge in [-0.05, 0) is 62.3 Å². The first kappa shape index (κ1) is 21.0. The van der Waals surface area contributed by atoms with E-state index in [1.165, 1.54) is 33.4 Å². The second-order valence-corrected chi connectivity index (χ2v) is 12.6. The third-order valence-corrected chi connectivity index (χ3v) is 8.77. The molecule has 0 amide bonds. The highest BCUT2D eigenvalue weighted by molar-refractivity contribution is 6.32. The molecule has 0 aromatic rings. The minimum absolute atomic E-state index is 0.0201. The Bertz CT molecular complexity index is 1180. The first-order valence-corrected chi connectivity index (χ1v) is 11.9. The highest BCUT2D eigenvalue weighted by atomic mass is 35.5.